The van der Waals surface area contributed by atoms with Crippen LogP contribution in [0.2, 0.25) is 0 Å². The molecule has 2 bridgehead atoms. The molecule has 1 aromatic heterocycles. The number of fused-ring (bicyclic) bond motifs is 5. The predicted molar refractivity (Wildman–Crippen MR) is 134 cm³/mol. The van der Waals surface area contributed by atoms with Gasteiger partial charge in [-0.25, -0.2) is 9.69 Å². The van der Waals surface area contributed by atoms with Gasteiger partial charge in [0, 0.05) is 11.0 Å². The summed E-state index contributed by atoms with van der Waals surface area (Å²) in [6.45, 7) is 5.69. The number of hydrogen-bond acceptors (Lipinski definition) is 6. The summed E-state index contributed by atoms with van der Waals surface area (Å²) < 4.78 is 5.13. The van der Waals surface area contributed by atoms with Crippen LogP contribution in [0, 0.1) is 37.5 Å². The third-order valence-corrected chi connectivity index (χ3v) is 8.25. The molecule has 0 spiro atoms. The van der Waals surface area contributed by atoms with Crippen molar-refractivity contribution in [2.75, 3.05) is 16.8 Å². The summed E-state index contributed by atoms with van der Waals surface area (Å²) in [5, 5.41) is 3.22. The lowest BCUT2D eigenvalue weighted by Gasteiger charge is -2.17. The standard InChI is InChI=1S/C27H26N2O5S/c1-4-34-27(33)21-14(2)15(3)35-24(21)28-20(30)11-8-16-6-5-7-19(12-16)29-25(31)22-17-9-10-18(13-17)23(22)26(29)32/h5-12,17-18,22-23H,4,13H2,1-3H3,(H,28,30)/b11-8+/t17-,18+,22-,23+. The second-order valence-electron chi connectivity index (χ2n) is 9.14. The Bertz CT molecular complexity index is 1280. The molecule has 5 rings (SSSR count). The summed E-state index contributed by atoms with van der Waals surface area (Å²) in [6, 6.07) is 7.04. The van der Waals surface area contributed by atoms with E-state index in [0.717, 1.165) is 16.9 Å². The van der Waals surface area contributed by atoms with Crippen LogP contribution in [0.5, 0.6) is 0 Å². The molecule has 4 atom stereocenters. The van der Waals surface area contributed by atoms with Crippen LogP contribution in [0.4, 0.5) is 10.7 Å². The number of aryl methyl sites for hydroxylation is 1. The molecule has 3 aliphatic rings. The number of anilines is 2. The van der Waals surface area contributed by atoms with Crippen LogP contribution in [0.15, 0.2) is 42.5 Å². The van der Waals surface area contributed by atoms with E-state index in [2.05, 4.69) is 17.5 Å². The molecule has 2 heterocycles. The van der Waals surface area contributed by atoms with E-state index in [4.69, 9.17) is 4.74 Å². The van der Waals surface area contributed by atoms with Crippen LogP contribution in [-0.2, 0) is 19.1 Å². The van der Waals surface area contributed by atoms with Crippen molar-refractivity contribution in [3.8, 4) is 0 Å². The monoisotopic (exact) mass is 490 g/mol. The summed E-state index contributed by atoms with van der Waals surface area (Å²) in [6.07, 6.45) is 8.02. The molecule has 2 aliphatic carbocycles. The molecule has 1 aromatic carbocycles. The van der Waals surface area contributed by atoms with Gasteiger partial charge in [0.25, 0.3) is 0 Å². The number of esters is 1. The van der Waals surface area contributed by atoms with Crippen molar-refractivity contribution in [1.29, 1.82) is 0 Å². The van der Waals surface area contributed by atoms with Crippen molar-refractivity contribution in [1.82, 2.24) is 0 Å². The van der Waals surface area contributed by atoms with Crippen molar-refractivity contribution < 1.29 is 23.9 Å². The average molecular weight is 491 g/mol. The zero-order valence-corrected chi connectivity index (χ0v) is 20.6. The first-order chi connectivity index (χ1) is 16.8. The number of benzene rings is 1. The fourth-order valence-electron chi connectivity index (χ4n) is 5.41. The van der Waals surface area contributed by atoms with Gasteiger partial charge in [-0.05, 0) is 68.4 Å². The minimum atomic E-state index is -0.463. The third-order valence-electron chi connectivity index (χ3n) is 7.13. The minimum Gasteiger partial charge on any atom is -0.462 e. The SMILES string of the molecule is CCOC(=O)c1c(NC(=O)/C=C/c2cccc(N3C(=O)[C@@H]4[C@H](C3=O)[C@@H]3C=C[C@H]4C3)c2)sc(C)c1C. The molecule has 3 amide bonds. The maximum absolute atomic E-state index is 13.1. The highest BCUT2D eigenvalue weighted by Crippen LogP contribution is 2.53. The van der Waals surface area contributed by atoms with Crippen molar-refractivity contribution in [2.24, 2.45) is 23.7 Å². The minimum absolute atomic E-state index is 0.134. The smallest absolute Gasteiger partial charge is 0.341 e. The van der Waals surface area contributed by atoms with Gasteiger partial charge in [0.1, 0.15) is 5.00 Å². The quantitative estimate of drug-likeness (QED) is 0.278. The first-order valence-electron chi connectivity index (χ1n) is 11.7. The number of nitrogens with zero attached hydrogens (tertiary/aromatic N) is 1. The number of thiophene rings is 1. The van der Waals surface area contributed by atoms with Gasteiger partial charge in [0.05, 0.1) is 29.7 Å². The maximum atomic E-state index is 13.1. The lowest BCUT2D eigenvalue weighted by molar-refractivity contribution is -0.123. The van der Waals surface area contributed by atoms with Gasteiger partial charge in [-0.3, -0.25) is 14.4 Å². The van der Waals surface area contributed by atoms with Gasteiger partial charge < -0.3 is 10.1 Å². The molecule has 1 aliphatic heterocycles. The van der Waals surface area contributed by atoms with Gasteiger partial charge in [-0.2, -0.15) is 0 Å². The zero-order chi connectivity index (χ0) is 24.9. The van der Waals surface area contributed by atoms with Crippen LogP contribution >= 0.6 is 11.3 Å². The Balaban J connectivity index is 1.32. The lowest BCUT2D eigenvalue weighted by atomic mass is 9.85. The van der Waals surface area contributed by atoms with Gasteiger partial charge in [-0.1, -0.05) is 24.3 Å². The fraction of sp³-hybridized carbons (Fsp3) is 0.333. The van der Waals surface area contributed by atoms with Crippen molar-refractivity contribution in [3.05, 3.63) is 64.1 Å². The molecule has 2 aromatic rings. The summed E-state index contributed by atoms with van der Waals surface area (Å²) in [5.41, 5.74) is 2.36. The maximum Gasteiger partial charge on any atom is 0.341 e. The van der Waals surface area contributed by atoms with E-state index in [-0.39, 0.29) is 42.1 Å². The zero-order valence-electron chi connectivity index (χ0n) is 19.7. The number of allylic oxidation sites excluding steroid dienone is 2. The average Bonchev–Trinajstić information content (AvgIpc) is 3.56. The summed E-state index contributed by atoms with van der Waals surface area (Å²) in [4.78, 5) is 53.4. The molecule has 7 nitrogen and oxygen atoms in total. The van der Waals surface area contributed by atoms with E-state index in [1.54, 1.807) is 37.3 Å². The van der Waals surface area contributed by atoms with Crippen molar-refractivity contribution in [3.63, 3.8) is 0 Å². The molecule has 180 valence electrons. The van der Waals surface area contributed by atoms with Crippen LogP contribution < -0.4 is 10.2 Å². The molecular weight excluding hydrogens is 464 g/mol. The number of imide groups is 1. The predicted octanol–water partition coefficient (Wildman–Crippen LogP) is 4.51. The Morgan fingerprint density at radius 3 is 2.49 bits per heavy atom. The second-order valence-corrected chi connectivity index (χ2v) is 10.4. The highest BCUT2D eigenvalue weighted by Gasteiger charge is 2.59. The van der Waals surface area contributed by atoms with Crippen molar-refractivity contribution in [2.45, 2.75) is 27.2 Å². The molecule has 0 radical (unpaired) electrons. The molecular formula is C27H26N2O5S. The summed E-state index contributed by atoms with van der Waals surface area (Å²) in [5.74, 6) is -1.33. The highest BCUT2D eigenvalue weighted by molar-refractivity contribution is 7.16. The van der Waals surface area contributed by atoms with Gasteiger partial charge in [0.2, 0.25) is 17.7 Å². The van der Waals surface area contributed by atoms with Crippen LogP contribution in [-0.4, -0.2) is 30.3 Å². The molecule has 1 saturated carbocycles. The van der Waals surface area contributed by atoms with E-state index in [9.17, 15) is 19.2 Å². The number of ether oxygens (including phenoxy) is 1. The number of hydrogen-bond donors (Lipinski definition) is 1. The van der Waals surface area contributed by atoms with E-state index in [1.807, 2.05) is 13.8 Å². The number of carbonyl (C=O) groups is 4. The van der Waals surface area contributed by atoms with E-state index < -0.39 is 11.9 Å². The Morgan fingerprint density at radius 1 is 1.14 bits per heavy atom. The fourth-order valence-corrected chi connectivity index (χ4v) is 6.47. The first-order valence-corrected chi connectivity index (χ1v) is 12.5. The Hall–Kier alpha value is -3.52. The summed E-state index contributed by atoms with van der Waals surface area (Å²) in [7, 11) is 0. The second kappa shape index (κ2) is 8.92. The Morgan fingerprint density at radius 2 is 1.83 bits per heavy atom. The molecule has 1 saturated heterocycles. The number of amides is 3. The molecule has 0 unspecified atom stereocenters. The van der Waals surface area contributed by atoms with E-state index >= 15 is 0 Å². The number of nitrogens with one attached hydrogen (secondary N) is 1. The Kier molecular flexibility index (Phi) is 5.92. The van der Waals surface area contributed by atoms with Crippen LogP contribution in [0.25, 0.3) is 6.08 Å². The molecule has 1 N–H and O–H groups in total. The van der Waals surface area contributed by atoms with Gasteiger partial charge in [0.15, 0.2) is 0 Å². The molecule has 35 heavy (non-hydrogen) atoms. The van der Waals surface area contributed by atoms with E-state index in [1.165, 1.54) is 22.3 Å². The largest absolute Gasteiger partial charge is 0.462 e. The molecule has 8 heteroatoms. The van der Waals surface area contributed by atoms with Crippen molar-refractivity contribution >= 4 is 51.8 Å². The van der Waals surface area contributed by atoms with E-state index in [0.29, 0.717) is 21.8 Å². The third kappa shape index (κ3) is 3.91. The van der Waals surface area contributed by atoms with Gasteiger partial charge >= 0.3 is 5.97 Å². The Labute approximate surface area is 207 Å². The summed E-state index contributed by atoms with van der Waals surface area (Å²) >= 11 is 1.32. The van der Waals surface area contributed by atoms with Crippen LogP contribution in [0.3, 0.4) is 0 Å². The molecule has 2 fully saturated rings. The lowest BCUT2D eigenvalue weighted by Crippen LogP contribution is -2.32. The number of carbonyl (C=O) groups excluding carboxylic acids is 4. The van der Waals surface area contributed by atoms with Gasteiger partial charge in [-0.15, -0.1) is 11.3 Å². The normalized spacial score (nSPS) is 24.5. The topological polar surface area (TPSA) is 92.8 Å². The highest BCUT2D eigenvalue weighted by atomic mass is 32.1. The first kappa shape index (κ1) is 23.2. The number of rotatable bonds is 6. The van der Waals surface area contributed by atoms with Crippen LogP contribution in [0.1, 0.15) is 39.7 Å².